The molecule has 3 heteroatoms. The van der Waals surface area contributed by atoms with Crippen LogP contribution in [0.15, 0.2) is 23.5 Å². The Labute approximate surface area is 90.1 Å². The van der Waals surface area contributed by atoms with E-state index in [9.17, 15) is 9.90 Å². The molecule has 0 fully saturated rings. The van der Waals surface area contributed by atoms with Crippen molar-refractivity contribution in [1.82, 2.24) is 0 Å². The van der Waals surface area contributed by atoms with Crippen LogP contribution in [0.4, 0.5) is 0 Å². The van der Waals surface area contributed by atoms with E-state index in [0.717, 1.165) is 12.8 Å². The summed E-state index contributed by atoms with van der Waals surface area (Å²) in [4.78, 5) is 11.3. The lowest BCUT2D eigenvalue weighted by atomic mass is 10.0. The van der Waals surface area contributed by atoms with Crippen LogP contribution in [0.2, 0.25) is 0 Å². The SMILES string of the molecule is CC1=C(O)C(CCC=CCCO)CC1=O. The summed E-state index contributed by atoms with van der Waals surface area (Å²) in [5.74, 6) is 0.351. The summed E-state index contributed by atoms with van der Waals surface area (Å²) in [6, 6.07) is 0. The van der Waals surface area contributed by atoms with E-state index in [1.807, 2.05) is 12.2 Å². The Bertz CT molecular complexity index is 289. The minimum absolute atomic E-state index is 0.0104. The van der Waals surface area contributed by atoms with Crippen molar-refractivity contribution in [3.63, 3.8) is 0 Å². The van der Waals surface area contributed by atoms with Gasteiger partial charge in [0.1, 0.15) is 5.76 Å². The first kappa shape index (κ1) is 12.0. The molecular weight excluding hydrogens is 192 g/mol. The minimum Gasteiger partial charge on any atom is -0.512 e. The van der Waals surface area contributed by atoms with E-state index in [-0.39, 0.29) is 24.1 Å². The Morgan fingerprint density at radius 2 is 2.07 bits per heavy atom. The van der Waals surface area contributed by atoms with Gasteiger partial charge in [-0.1, -0.05) is 12.2 Å². The molecule has 3 nitrogen and oxygen atoms in total. The summed E-state index contributed by atoms with van der Waals surface area (Å²) >= 11 is 0. The molecule has 0 aromatic rings. The third kappa shape index (κ3) is 3.20. The standard InChI is InChI=1S/C12H18O3/c1-9-11(14)8-10(12(9)15)6-4-2-3-5-7-13/h2-3,10,13,15H,4-8H2,1H3. The molecule has 84 valence electrons. The highest BCUT2D eigenvalue weighted by atomic mass is 16.3. The zero-order chi connectivity index (χ0) is 11.3. The van der Waals surface area contributed by atoms with E-state index in [1.165, 1.54) is 0 Å². The molecule has 0 saturated carbocycles. The van der Waals surface area contributed by atoms with Crippen LogP contribution in [0.5, 0.6) is 0 Å². The lowest BCUT2D eigenvalue weighted by Crippen LogP contribution is -1.99. The fraction of sp³-hybridized carbons (Fsp3) is 0.583. The first-order valence-electron chi connectivity index (χ1n) is 5.35. The minimum atomic E-state index is 0.0104. The van der Waals surface area contributed by atoms with Crippen molar-refractivity contribution in [1.29, 1.82) is 0 Å². The molecule has 0 bridgehead atoms. The zero-order valence-corrected chi connectivity index (χ0v) is 9.07. The lowest BCUT2D eigenvalue weighted by Gasteiger charge is -2.06. The molecule has 1 rings (SSSR count). The van der Waals surface area contributed by atoms with Gasteiger partial charge in [-0.2, -0.15) is 0 Å². The number of hydrogen-bond acceptors (Lipinski definition) is 3. The van der Waals surface area contributed by atoms with Gasteiger partial charge in [-0.25, -0.2) is 0 Å². The average molecular weight is 210 g/mol. The molecular formula is C12H18O3. The Balaban J connectivity index is 2.33. The van der Waals surface area contributed by atoms with Crippen molar-refractivity contribution in [2.24, 2.45) is 5.92 Å². The molecule has 0 amide bonds. The second kappa shape index (κ2) is 5.71. The van der Waals surface area contributed by atoms with Gasteiger partial charge < -0.3 is 10.2 Å². The first-order valence-corrected chi connectivity index (χ1v) is 5.35. The monoisotopic (exact) mass is 210 g/mol. The molecule has 1 aliphatic rings. The van der Waals surface area contributed by atoms with E-state index < -0.39 is 0 Å². The summed E-state index contributed by atoms with van der Waals surface area (Å²) in [7, 11) is 0. The van der Waals surface area contributed by atoms with Crippen LogP contribution in [-0.2, 0) is 4.79 Å². The Hall–Kier alpha value is -1.09. The maximum atomic E-state index is 11.3. The van der Waals surface area contributed by atoms with Crippen molar-refractivity contribution in [2.75, 3.05) is 6.61 Å². The largest absolute Gasteiger partial charge is 0.512 e. The topological polar surface area (TPSA) is 57.5 Å². The molecule has 0 aliphatic heterocycles. The summed E-state index contributed by atoms with van der Waals surface area (Å²) < 4.78 is 0. The van der Waals surface area contributed by atoms with Gasteiger partial charge in [-0.15, -0.1) is 0 Å². The van der Waals surface area contributed by atoms with Crippen molar-refractivity contribution in [3.8, 4) is 0 Å². The predicted molar refractivity (Wildman–Crippen MR) is 58.5 cm³/mol. The highest BCUT2D eigenvalue weighted by Gasteiger charge is 2.28. The number of carbonyl (C=O) groups is 1. The molecule has 0 spiro atoms. The van der Waals surface area contributed by atoms with E-state index in [4.69, 9.17) is 5.11 Å². The highest BCUT2D eigenvalue weighted by Crippen LogP contribution is 2.30. The van der Waals surface area contributed by atoms with Crippen LogP contribution >= 0.6 is 0 Å². The Morgan fingerprint density at radius 3 is 2.60 bits per heavy atom. The van der Waals surface area contributed by atoms with Crippen LogP contribution in [0.1, 0.15) is 32.6 Å². The van der Waals surface area contributed by atoms with Crippen molar-refractivity contribution in [2.45, 2.75) is 32.6 Å². The number of hydrogen-bond donors (Lipinski definition) is 2. The fourth-order valence-corrected chi connectivity index (χ4v) is 1.77. The smallest absolute Gasteiger partial charge is 0.162 e. The van der Waals surface area contributed by atoms with Gasteiger partial charge in [0.2, 0.25) is 0 Å². The summed E-state index contributed by atoms with van der Waals surface area (Å²) in [6.07, 6.45) is 6.67. The number of rotatable bonds is 5. The number of aliphatic hydroxyl groups excluding tert-OH is 2. The van der Waals surface area contributed by atoms with E-state index in [0.29, 0.717) is 18.4 Å². The Kier molecular flexibility index (Phi) is 4.56. The van der Waals surface area contributed by atoms with Crippen molar-refractivity contribution >= 4 is 5.78 Å². The van der Waals surface area contributed by atoms with Gasteiger partial charge >= 0.3 is 0 Å². The molecule has 1 aliphatic carbocycles. The van der Waals surface area contributed by atoms with Gasteiger partial charge in [0.15, 0.2) is 5.78 Å². The average Bonchev–Trinajstić information content (AvgIpc) is 2.46. The normalized spacial score (nSPS) is 22.0. The van der Waals surface area contributed by atoms with Gasteiger partial charge in [0, 0.05) is 24.5 Å². The molecule has 0 aromatic heterocycles. The first-order chi connectivity index (χ1) is 7.16. The summed E-state index contributed by atoms with van der Waals surface area (Å²) in [5.41, 5.74) is 0.527. The van der Waals surface area contributed by atoms with Crippen LogP contribution in [0, 0.1) is 5.92 Å². The fourth-order valence-electron chi connectivity index (χ4n) is 1.77. The van der Waals surface area contributed by atoms with Crippen LogP contribution in [-0.4, -0.2) is 22.6 Å². The number of aliphatic hydroxyl groups is 2. The number of allylic oxidation sites excluding steroid dienone is 3. The van der Waals surface area contributed by atoms with E-state index in [2.05, 4.69) is 0 Å². The summed E-state index contributed by atoms with van der Waals surface area (Å²) in [5, 5.41) is 18.2. The lowest BCUT2D eigenvalue weighted by molar-refractivity contribution is -0.115. The van der Waals surface area contributed by atoms with Crippen LogP contribution < -0.4 is 0 Å². The van der Waals surface area contributed by atoms with Gasteiger partial charge in [-0.05, 0) is 26.2 Å². The summed E-state index contributed by atoms with van der Waals surface area (Å²) in [6.45, 7) is 1.85. The molecule has 0 aromatic carbocycles. The van der Waals surface area contributed by atoms with Gasteiger partial charge in [0.05, 0.1) is 0 Å². The molecule has 0 radical (unpaired) electrons. The second-order valence-corrected chi connectivity index (χ2v) is 3.90. The zero-order valence-electron chi connectivity index (χ0n) is 9.07. The maximum Gasteiger partial charge on any atom is 0.162 e. The number of Topliss-reactive ketones (excluding diaryl/α,β-unsaturated/α-hetero) is 1. The van der Waals surface area contributed by atoms with E-state index >= 15 is 0 Å². The third-order valence-electron chi connectivity index (χ3n) is 2.77. The molecule has 1 unspecified atom stereocenters. The van der Waals surface area contributed by atoms with Gasteiger partial charge in [-0.3, -0.25) is 4.79 Å². The number of ketones is 1. The van der Waals surface area contributed by atoms with Gasteiger partial charge in [0.25, 0.3) is 0 Å². The van der Waals surface area contributed by atoms with Crippen LogP contribution in [0.25, 0.3) is 0 Å². The Morgan fingerprint density at radius 1 is 1.40 bits per heavy atom. The quantitative estimate of drug-likeness (QED) is 0.683. The van der Waals surface area contributed by atoms with Crippen molar-refractivity contribution in [3.05, 3.63) is 23.5 Å². The molecule has 2 N–H and O–H groups in total. The number of carbonyl (C=O) groups excluding carboxylic acids is 1. The van der Waals surface area contributed by atoms with Crippen molar-refractivity contribution < 1.29 is 15.0 Å². The third-order valence-corrected chi connectivity index (χ3v) is 2.77. The molecule has 15 heavy (non-hydrogen) atoms. The maximum absolute atomic E-state index is 11.3. The molecule has 1 atom stereocenters. The highest BCUT2D eigenvalue weighted by molar-refractivity contribution is 5.98. The molecule has 0 heterocycles. The van der Waals surface area contributed by atoms with E-state index in [1.54, 1.807) is 6.92 Å². The second-order valence-electron chi connectivity index (χ2n) is 3.90. The van der Waals surface area contributed by atoms with Crippen LogP contribution in [0.3, 0.4) is 0 Å². The predicted octanol–water partition coefficient (Wildman–Crippen LogP) is 2.13. The molecule has 0 saturated heterocycles.